The molecule has 1 aliphatic carbocycles. The lowest BCUT2D eigenvalue weighted by atomic mass is 10.1. The second-order valence-corrected chi connectivity index (χ2v) is 6.20. The van der Waals surface area contributed by atoms with E-state index in [0.717, 1.165) is 0 Å². The number of amides is 3. The molecule has 1 aromatic rings. The molecule has 1 saturated carbocycles. The summed E-state index contributed by atoms with van der Waals surface area (Å²) >= 11 is 0. The zero-order chi connectivity index (χ0) is 15.5. The molecule has 1 aliphatic heterocycles. The van der Waals surface area contributed by atoms with Crippen molar-refractivity contribution < 1.29 is 18.8 Å². The molecule has 0 spiro atoms. The molecule has 1 saturated heterocycles. The van der Waals surface area contributed by atoms with Gasteiger partial charge in [0.1, 0.15) is 5.76 Å². The summed E-state index contributed by atoms with van der Waals surface area (Å²) in [5, 5.41) is 0. The summed E-state index contributed by atoms with van der Waals surface area (Å²) in [6.07, 6.45) is 0. The topological polar surface area (TPSA) is 106 Å². The summed E-state index contributed by atoms with van der Waals surface area (Å²) in [6, 6.07) is 1.51. The normalized spacial score (nSPS) is 26.0. The standard InChI is InChI=1S/C14H17N3O4/c1-6-7(4-8(21-6)11(18)16-15)5-17-12(19)9-10(13(17)20)14(9,2)3/h4,9-10H,5,15H2,1-3H3,(H,16,18). The van der Waals surface area contributed by atoms with Crippen molar-refractivity contribution in [3.8, 4) is 0 Å². The number of furan rings is 1. The van der Waals surface area contributed by atoms with Gasteiger partial charge in [-0.25, -0.2) is 5.84 Å². The van der Waals surface area contributed by atoms with Crippen LogP contribution in [-0.4, -0.2) is 22.6 Å². The average molecular weight is 291 g/mol. The lowest BCUT2D eigenvalue weighted by Gasteiger charge is -2.20. The van der Waals surface area contributed by atoms with E-state index in [9.17, 15) is 14.4 Å². The number of imide groups is 1. The van der Waals surface area contributed by atoms with Gasteiger partial charge >= 0.3 is 5.91 Å². The number of carbonyl (C=O) groups excluding carboxylic acids is 3. The van der Waals surface area contributed by atoms with E-state index >= 15 is 0 Å². The number of fused-ring (bicyclic) bond motifs is 1. The smallest absolute Gasteiger partial charge is 0.300 e. The van der Waals surface area contributed by atoms with E-state index in [4.69, 9.17) is 10.3 Å². The number of nitrogens with two attached hydrogens (primary N) is 1. The van der Waals surface area contributed by atoms with Gasteiger partial charge in [0.15, 0.2) is 5.76 Å². The van der Waals surface area contributed by atoms with Crippen LogP contribution < -0.4 is 11.3 Å². The molecule has 2 fully saturated rings. The predicted molar refractivity (Wildman–Crippen MR) is 71.4 cm³/mol. The van der Waals surface area contributed by atoms with E-state index in [-0.39, 0.29) is 41.4 Å². The Bertz CT molecular complexity index is 637. The van der Waals surface area contributed by atoms with Crippen LogP contribution in [0.15, 0.2) is 10.5 Å². The van der Waals surface area contributed by atoms with Crippen molar-refractivity contribution in [2.45, 2.75) is 27.3 Å². The Kier molecular flexibility index (Phi) is 2.75. The minimum absolute atomic E-state index is 0.0644. The predicted octanol–water partition coefficient (Wildman–Crippen LogP) is 0.333. The maximum atomic E-state index is 12.3. The molecule has 0 aromatic carbocycles. The lowest BCUT2D eigenvalue weighted by Crippen LogP contribution is -2.35. The monoisotopic (exact) mass is 291 g/mol. The Balaban J connectivity index is 1.80. The fraction of sp³-hybridized carbons (Fsp3) is 0.500. The number of nitrogen functional groups attached to an aromatic ring is 1. The number of hydrazine groups is 1. The highest BCUT2D eigenvalue weighted by Crippen LogP contribution is 2.63. The lowest BCUT2D eigenvalue weighted by molar-refractivity contribution is -0.143. The van der Waals surface area contributed by atoms with E-state index in [2.05, 4.69) is 0 Å². The van der Waals surface area contributed by atoms with Crippen molar-refractivity contribution in [3.05, 3.63) is 23.2 Å². The van der Waals surface area contributed by atoms with E-state index in [1.165, 1.54) is 11.0 Å². The molecular weight excluding hydrogens is 274 g/mol. The number of nitrogens with zero attached hydrogens (tertiary/aromatic N) is 1. The van der Waals surface area contributed by atoms with Gasteiger partial charge in [-0.1, -0.05) is 13.8 Å². The number of carbonyl (C=O) groups is 3. The van der Waals surface area contributed by atoms with Crippen LogP contribution in [0.25, 0.3) is 0 Å². The number of hydrogen-bond donors (Lipinski definition) is 2. The molecule has 2 heterocycles. The Labute approximate surface area is 121 Å². The van der Waals surface area contributed by atoms with Gasteiger partial charge < -0.3 is 4.42 Å². The summed E-state index contributed by atoms with van der Waals surface area (Å²) in [4.78, 5) is 37.2. The first-order valence-electron chi connectivity index (χ1n) is 6.74. The molecule has 0 radical (unpaired) electrons. The average Bonchev–Trinajstić information content (AvgIpc) is 2.67. The molecule has 2 aliphatic rings. The van der Waals surface area contributed by atoms with Gasteiger partial charge in [-0.2, -0.15) is 0 Å². The van der Waals surface area contributed by atoms with E-state index < -0.39 is 5.91 Å². The van der Waals surface area contributed by atoms with Crippen LogP contribution in [0.1, 0.15) is 35.7 Å². The molecule has 112 valence electrons. The molecule has 2 atom stereocenters. The zero-order valence-electron chi connectivity index (χ0n) is 12.1. The second-order valence-electron chi connectivity index (χ2n) is 6.20. The van der Waals surface area contributed by atoms with Crippen molar-refractivity contribution in [1.82, 2.24) is 10.3 Å². The number of nitrogens with one attached hydrogen (secondary N) is 1. The SMILES string of the molecule is Cc1oc(C(=O)NN)cc1CN1C(=O)C2C(C1=O)C2(C)C. The largest absolute Gasteiger partial charge is 0.456 e. The minimum Gasteiger partial charge on any atom is -0.456 e. The number of piperidine rings is 1. The third-order valence-corrected chi connectivity index (χ3v) is 4.60. The van der Waals surface area contributed by atoms with Gasteiger partial charge in [0.05, 0.1) is 18.4 Å². The minimum atomic E-state index is -0.549. The Hall–Kier alpha value is -2.15. The maximum Gasteiger partial charge on any atom is 0.300 e. The van der Waals surface area contributed by atoms with Gasteiger partial charge in [0.25, 0.3) is 0 Å². The Morgan fingerprint density at radius 1 is 1.38 bits per heavy atom. The quantitative estimate of drug-likeness (QED) is 0.361. The van der Waals surface area contributed by atoms with Crippen molar-refractivity contribution in [1.29, 1.82) is 0 Å². The Morgan fingerprint density at radius 2 is 1.95 bits per heavy atom. The van der Waals surface area contributed by atoms with Crippen molar-refractivity contribution in [3.63, 3.8) is 0 Å². The third kappa shape index (κ3) is 1.80. The highest BCUT2D eigenvalue weighted by Gasteiger charge is 2.72. The van der Waals surface area contributed by atoms with Crippen LogP contribution in [0.3, 0.4) is 0 Å². The molecule has 3 rings (SSSR count). The van der Waals surface area contributed by atoms with E-state index in [0.29, 0.717) is 11.3 Å². The first-order valence-corrected chi connectivity index (χ1v) is 6.74. The summed E-state index contributed by atoms with van der Waals surface area (Å²) in [7, 11) is 0. The third-order valence-electron chi connectivity index (χ3n) is 4.60. The van der Waals surface area contributed by atoms with E-state index in [1.807, 2.05) is 19.3 Å². The van der Waals surface area contributed by atoms with Crippen LogP contribution in [0, 0.1) is 24.2 Å². The molecule has 1 aromatic heterocycles. The van der Waals surface area contributed by atoms with Crippen LogP contribution in [0.4, 0.5) is 0 Å². The van der Waals surface area contributed by atoms with Crippen LogP contribution in [0.5, 0.6) is 0 Å². The summed E-state index contributed by atoms with van der Waals surface area (Å²) in [5.41, 5.74) is 2.39. The second kappa shape index (κ2) is 4.17. The molecule has 2 unspecified atom stereocenters. The first kappa shape index (κ1) is 13.8. The van der Waals surface area contributed by atoms with Gasteiger partial charge in [-0.05, 0) is 18.4 Å². The molecule has 21 heavy (non-hydrogen) atoms. The fourth-order valence-corrected chi connectivity index (χ4v) is 3.19. The molecule has 3 amide bonds. The molecular formula is C14H17N3O4. The van der Waals surface area contributed by atoms with Crippen molar-refractivity contribution in [2.75, 3.05) is 0 Å². The van der Waals surface area contributed by atoms with Crippen molar-refractivity contribution >= 4 is 17.7 Å². The number of hydrogen-bond acceptors (Lipinski definition) is 5. The molecule has 7 heteroatoms. The van der Waals surface area contributed by atoms with Crippen molar-refractivity contribution in [2.24, 2.45) is 23.1 Å². The summed E-state index contributed by atoms with van der Waals surface area (Å²) in [6.45, 7) is 5.68. The van der Waals surface area contributed by atoms with Gasteiger partial charge in [0.2, 0.25) is 11.8 Å². The van der Waals surface area contributed by atoms with Gasteiger partial charge in [-0.15, -0.1) is 0 Å². The number of aryl methyl sites for hydroxylation is 1. The van der Waals surface area contributed by atoms with Crippen LogP contribution in [0.2, 0.25) is 0 Å². The molecule has 0 bridgehead atoms. The van der Waals surface area contributed by atoms with Crippen LogP contribution >= 0.6 is 0 Å². The van der Waals surface area contributed by atoms with Crippen LogP contribution in [-0.2, 0) is 16.1 Å². The fourth-order valence-electron chi connectivity index (χ4n) is 3.19. The summed E-state index contributed by atoms with van der Waals surface area (Å²) in [5.74, 6) is 4.37. The van der Waals surface area contributed by atoms with Gasteiger partial charge in [-0.3, -0.25) is 24.7 Å². The summed E-state index contributed by atoms with van der Waals surface area (Å²) < 4.78 is 5.29. The molecule has 7 nitrogen and oxygen atoms in total. The van der Waals surface area contributed by atoms with E-state index in [1.54, 1.807) is 6.92 Å². The highest BCUT2D eigenvalue weighted by molar-refractivity contribution is 6.10. The zero-order valence-corrected chi connectivity index (χ0v) is 12.1. The highest BCUT2D eigenvalue weighted by atomic mass is 16.4. The number of likely N-dealkylation sites (tertiary alicyclic amines) is 1. The number of rotatable bonds is 3. The molecule has 3 N–H and O–H groups in total. The van der Waals surface area contributed by atoms with Gasteiger partial charge in [0, 0.05) is 5.56 Å². The first-order chi connectivity index (χ1) is 9.78. The Morgan fingerprint density at radius 3 is 2.48 bits per heavy atom. The maximum absolute atomic E-state index is 12.3.